The maximum absolute atomic E-state index is 12.9. The second-order valence-corrected chi connectivity index (χ2v) is 7.22. The average Bonchev–Trinajstić information content (AvgIpc) is 3.20. The Morgan fingerprint density at radius 1 is 0.923 bits per heavy atom. The molecule has 4 nitrogen and oxygen atoms in total. The fourth-order valence-corrected chi connectivity index (χ4v) is 4.02. The van der Waals surface area contributed by atoms with Gasteiger partial charge in [0, 0.05) is 29.4 Å². The lowest BCUT2D eigenvalue weighted by Gasteiger charge is -2.30. The van der Waals surface area contributed by atoms with Gasteiger partial charge < -0.3 is 10.2 Å². The highest BCUT2D eigenvalue weighted by Crippen LogP contribution is 2.29. The van der Waals surface area contributed by atoms with Crippen molar-refractivity contribution >= 4 is 17.5 Å². The quantitative estimate of drug-likeness (QED) is 0.913. The standard InChI is InChI=1S/C22H24N2O2/c25-21(23-19-10-4-5-11-19)18-12-13-20-17(15-18)9-6-14-24(20)22(26)16-7-2-1-3-8-16/h1-3,7-8,12-13,15,19H,4-6,9-11,14H2,(H,23,25). The SMILES string of the molecule is O=C(NC1CCCC1)c1ccc2c(c1)CCCN2C(=O)c1ccccc1. The van der Waals surface area contributed by atoms with E-state index in [1.165, 1.54) is 12.8 Å². The van der Waals surface area contributed by atoms with E-state index in [2.05, 4.69) is 5.32 Å². The first-order valence-corrected chi connectivity index (χ1v) is 9.53. The summed E-state index contributed by atoms with van der Waals surface area (Å²) < 4.78 is 0. The smallest absolute Gasteiger partial charge is 0.258 e. The number of benzene rings is 2. The molecular weight excluding hydrogens is 324 g/mol. The topological polar surface area (TPSA) is 49.4 Å². The van der Waals surface area contributed by atoms with Gasteiger partial charge in [-0.25, -0.2) is 0 Å². The summed E-state index contributed by atoms with van der Waals surface area (Å²) in [7, 11) is 0. The van der Waals surface area contributed by atoms with E-state index in [1.54, 1.807) is 0 Å². The molecule has 0 aromatic heterocycles. The van der Waals surface area contributed by atoms with Crippen LogP contribution in [0.15, 0.2) is 48.5 Å². The number of rotatable bonds is 3. The molecule has 1 N–H and O–H groups in total. The van der Waals surface area contributed by atoms with Crippen molar-refractivity contribution < 1.29 is 9.59 Å². The normalized spacial score (nSPS) is 17.0. The van der Waals surface area contributed by atoms with E-state index in [0.29, 0.717) is 23.7 Å². The van der Waals surface area contributed by atoms with Crippen LogP contribution < -0.4 is 10.2 Å². The van der Waals surface area contributed by atoms with E-state index in [0.717, 1.165) is 36.9 Å². The maximum atomic E-state index is 12.9. The lowest BCUT2D eigenvalue weighted by molar-refractivity contribution is 0.0937. The summed E-state index contributed by atoms with van der Waals surface area (Å²) >= 11 is 0. The largest absolute Gasteiger partial charge is 0.349 e. The Bertz CT molecular complexity index is 810. The first kappa shape index (κ1) is 16.8. The Morgan fingerprint density at radius 3 is 2.46 bits per heavy atom. The molecule has 26 heavy (non-hydrogen) atoms. The molecule has 0 atom stereocenters. The second-order valence-electron chi connectivity index (χ2n) is 7.22. The molecule has 134 valence electrons. The van der Waals surface area contributed by atoms with Crippen LogP contribution in [-0.2, 0) is 6.42 Å². The van der Waals surface area contributed by atoms with Gasteiger partial charge in [0.05, 0.1) is 0 Å². The van der Waals surface area contributed by atoms with Crippen molar-refractivity contribution in [2.75, 3.05) is 11.4 Å². The van der Waals surface area contributed by atoms with Crippen molar-refractivity contribution in [3.05, 3.63) is 65.2 Å². The van der Waals surface area contributed by atoms with Gasteiger partial charge in [-0.2, -0.15) is 0 Å². The number of hydrogen-bond donors (Lipinski definition) is 1. The Morgan fingerprint density at radius 2 is 1.69 bits per heavy atom. The van der Waals surface area contributed by atoms with E-state index in [9.17, 15) is 9.59 Å². The molecule has 1 aliphatic carbocycles. The fraction of sp³-hybridized carbons (Fsp3) is 0.364. The van der Waals surface area contributed by atoms with Crippen LogP contribution >= 0.6 is 0 Å². The average molecular weight is 348 g/mol. The van der Waals surface area contributed by atoms with E-state index < -0.39 is 0 Å². The number of aryl methyl sites for hydroxylation is 1. The van der Waals surface area contributed by atoms with E-state index in [4.69, 9.17) is 0 Å². The molecule has 0 unspecified atom stereocenters. The van der Waals surface area contributed by atoms with Crippen LogP contribution in [0.25, 0.3) is 0 Å². The lowest BCUT2D eigenvalue weighted by atomic mass is 9.98. The Labute approximate surface area is 154 Å². The number of nitrogens with zero attached hydrogens (tertiary/aromatic N) is 1. The van der Waals surface area contributed by atoms with Gasteiger partial charge in [0.15, 0.2) is 0 Å². The molecule has 4 rings (SSSR count). The molecule has 0 spiro atoms. The van der Waals surface area contributed by atoms with Gasteiger partial charge in [-0.1, -0.05) is 31.0 Å². The van der Waals surface area contributed by atoms with Crippen molar-refractivity contribution in [1.82, 2.24) is 5.32 Å². The molecule has 1 saturated carbocycles. The zero-order chi connectivity index (χ0) is 17.9. The van der Waals surface area contributed by atoms with Crippen LogP contribution in [0.3, 0.4) is 0 Å². The number of hydrogen-bond acceptors (Lipinski definition) is 2. The van der Waals surface area contributed by atoms with Gasteiger partial charge in [-0.15, -0.1) is 0 Å². The summed E-state index contributed by atoms with van der Waals surface area (Å²) in [5.74, 6) is 0.0286. The minimum absolute atomic E-state index is 0.00575. The first-order chi connectivity index (χ1) is 12.7. The highest BCUT2D eigenvalue weighted by Gasteiger charge is 2.25. The number of carbonyl (C=O) groups is 2. The molecule has 0 bridgehead atoms. The van der Waals surface area contributed by atoms with E-state index >= 15 is 0 Å². The Kier molecular flexibility index (Phi) is 4.74. The Hall–Kier alpha value is -2.62. The summed E-state index contributed by atoms with van der Waals surface area (Å²) in [6.45, 7) is 0.717. The minimum atomic E-state index is 0.00575. The maximum Gasteiger partial charge on any atom is 0.258 e. The van der Waals surface area contributed by atoms with Crippen LogP contribution in [0.5, 0.6) is 0 Å². The van der Waals surface area contributed by atoms with Gasteiger partial charge in [-0.3, -0.25) is 9.59 Å². The molecule has 2 amide bonds. The van der Waals surface area contributed by atoms with Gasteiger partial charge in [0.2, 0.25) is 0 Å². The summed E-state index contributed by atoms with van der Waals surface area (Å²) in [6, 6.07) is 15.4. The third-order valence-corrected chi connectivity index (χ3v) is 5.42. The van der Waals surface area contributed by atoms with Gasteiger partial charge in [-0.05, 0) is 61.6 Å². The van der Waals surface area contributed by atoms with Crippen LogP contribution in [0.4, 0.5) is 5.69 Å². The van der Waals surface area contributed by atoms with Crippen molar-refractivity contribution in [2.45, 2.75) is 44.6 Å². The molecular formula is C22H24N2O2. The lowest BCUT2D eigenvalue weighted by Crippen LogP contribution is -2.36. The molecule has 1 aliphatic heterocycles. The molecule has 0 saturated heterocycles. The van der Waals surface area contributed by atoms with Gasteiger partial charge in [0.1, 0.15) is 0 Å². The zero-order valence-electron chi connectivity index (χ0n) is 14.9. The summed E-state index contributed by atoms with van der Waals surface area (Å²) in [5.41, 5.74) is 3.41. The van der Waals surface area contributed by atoms with Crippen molar-refractivity contribution in [3.63, 3.8) is 0 Å². The highest BCUT2D eigenvalue weighted by atomic mass is 16.2. The van der Waals surface area contributed by atoms with Crippen molar-refractivity contribution in [1.29, 1.82) is 0 Å². The van der Waals surface area contributed by atoms with Crippen molar-refractivity contribution in [2.24, 2.45) is 0 Å². The first-order valence-electron chi connectivity index (χ1n) is 9.53. The number of amides is 2. The molecule has 0 radical (unpaired) electrons. The summed E-state index contributed by atoms with van der Waals surface area (Å²) in [6.07, 6.45) is 6.38. The van der Waals surface area contributed by atoms with Crippen LogP contribution in [0.2, 0.25) is 0 Å². The summed E-state index contributed by atoms with van der Waals surface area (Å²) in [5, 5.41) is 3.14. The molecule has 2 aromatic carbocycles. The highest BCUT2D eigenvalue weighted by molar-refractivity contribution is 6.07. The van der Waals surface area contributed by atoms with Gasteiger partial charge in [0.25, 0.3) is 11.8 Å². The zero-order valence-corrected chi connectivity index (χ0v) is 14.9. The number of anilines is 1. The van der Waals surface area contributed by atoms with E-state index in [1.807, 2.05) is 53.4 Å². The minimum Gasteiger partial charge on any atom is -0.349 e. The third kappa shape index (κ3) is 3.36. The Balaban J connectivity index is 1.55. The van der Waals surface area contributed by atoms with Crippen LogP contribution in [0, 0.1) is 0 Å². The number of nitrogens with one attached hydrogen (secondary N) is 1. The monoisotopic (exact) mass is 348 g/mol. The fourth-order valence-electron chi connectivity index (χ4n) is 4.02. The predicted octanol–water partition coefficient (Wildman–Crippen LogP) is 3.95. The molecule has 2 aromatic rings. The number of carbonyl (C=O) groups excluding carboxylic acids is 2. The van der Waals surface area contributed by atoms with Crippen LogP contribution in [0.1, 0.15) is 58.4 Å². The van der Waals surface area contributed by atoms with Crippen molar-refractivity contribution in [3.8, 4) is 0 Å². The van der Waals surface area contributed by atoms with E-state index in [-0.39, 0.29) is 11.8 Å². The third-order valence-electron chi connectivity index (χ3n) is 5.42. The van der Waals surface area contributed by atoms with Gasteiger partial charge >= 0.3 is 0 Å². The molecule has 1 heterocycles. The predicted molar refractivity (Wildman–Crippen MR) is 103 cm³/mol. The number of fused-ring (bicyclic) bond motifs is 1. The van der Waals surface area contributed by atoms with Crippen LogP contribution in [-0.4, -0.2) is 24.4 Å². The summed E-state index contributed by atoms with van der Waals surface area (Å²) in [4.78, 5) is 27.2. The molecule has 4 heteroatoms. The second kappa shape index (κ2) is 7.32. The molecule has 2 aliphatic rings. The molecule has 1 fully saturated rings.